The maximum atomic E-state index is 12.3. The Morgan fingerprint density at radius 1 is 1.26 bits per heavy atom. The van der Waals surface area contributed by atoms with Gasteiger partial charge in [-0.25, -0.2) is 9.97 Å². The molecule has 0 radical (unpaired) electrons. The Bertz CT molecular complexity index is 582. The van der Waals surface area contributed by atoms with E-state index in [-0.39, 0.29) is 17.9 Å². The SMILES string of the molecule is CCC(C)NC(=O)c1cc(C)nc(N2CCN(C(C)=O)CC2)n1. The van der Waals surface area contributed by atoms with Gasteiger partial charge in [0, 0.05) is 44.8 Å². The first-order valence-corrected chi connectivity index (χ1v) is 8.07. The number of amides is 2. The standard InChI is InChI=1S/C16H25N5O2/c1-5-11(2)17-15(23)14-10-12(3)18-16(19-14)21-8-6-20(7-9-21)13(4)22/h10-11H,5-9H2,1-4H3,(H,17,23). The average Bonchev–Trinajstić information content (AvgIpc) is 2.54. The summed E-state index contributed by atoms with van der Waals surface area (Å²) in [5.74, 6) is 0.472. The van der Waals surface area contributed by atoms with Crippen molar-refractivity contribution in [3.8, 4) is 0 Å². The summed E-state index contributed by atoms with van der Waals surface area (Å²) in [6.45, 7) is 10.1. The molecule has 2 rings (SSSR count). The molecule has 0 spiro atoms. The van der Waals surface area contributed by atoms with Gasteiger partial charge in [-0.05, 0) is 26.3 Å². The molecule has 1 fully saturated rings. The van der Waals surface area contributed by atoms with Crippen molar-refractivity contribution in [1.29, 1.82) is 0 Å². The highest BCUT2D eigenvalue weighted by molar-refractivity contribution is 5.92. The highest BCUT2D eigenvalue weighted by Gasteiger charge is 2.22. The minimum atomic E-state index is -0.173. The molecule has 7 nitrogen and oxygen atoms in total. The van der Waals surface area contributed by atoms with E-state index in [1.807, 2.05) is 30.6 Å². The zero-order chi connectivity index (χ0) is 17.0. The lowest BCUT2D eigenvalue weighted by atomic mass is 10.2. The molecule has 7 heteroatoms. The van der Waals surface area contributed by atoms with Crippen molar-refractivity contribution in [2.45, 2.75) is 40.2 Å². The van der Waals surface area contributed by atoms with Crippen molar-refractivity contribution in [3.05, 3.63) is 17.5 Å². The summed E-state index contributed by atoms with van der Waals surface area (Å²) in [4.78, 5) is 36.3. The first kappa shape index (κ1) is 17.2. The van der Waals surface area contributed by atoms with Gasteiger partial charge < -0.3 is 15.1 Å². The van der Waals surface area contributed by atoms with Gasteiger partial charge in [0.2, 0.25) is 11.9 Å². The number of hydrogen-bond donors (Lipinski definition) is 1. The minimum Gasteiger partial charge on any atom is -0.348 e. The zero-order valence-electron chi connectivity index (χ0n) is 14.3. The van der Waals surface area contributed by atoms with E-state index < -0.39 is 0 Å². The van der Waals surface area contributed by atoms with Crippen LogP contribution in [0.5, 0.6) is 0 Å². The van der Waals surface area contributed by atoms with Crippen LogP contribution < -0.4 is 10.2 Å². The first-order chi connectivity index (χ1) is 10.9. The molecular formula is C16H25N5O2. The lowest BCUT2D eigenvalue weighted by molar-refractivity contribution is -0.129. The summed E-state index contributed by atoms with van der Waals surface area (Å²) in [6, 6.07) is 1.81. The van der Waals surface area contributed by atoms with Crippen LogP contribution in [0.1, 0.15) is 43.4 Å². The Morgan fingerprint density at radius 3 is 2.48 bits per heavy atom. The molecular weight excluding hydrogens is 294 g/mol. The van der Waals surface area contributed by atoms with Crippen molar-refractivity contribution < 1.29 is 9.59 Å². The minimum absolute atomic E-state index is 0.0865. The number of aryl methyl sites for hydroxylation is 1. The van der Waals surface area contributed by atoms with Gasteiger partial charge in [-0.15, -0.1) is 0 Å². The lowest BCUT2D eigenvalue weighted by Crippen LogP contribution is -2.48. The number of aromatic nitrogens is 2. The number of carbonyl (C=O) groups is 2. The molecule has 2 heterocycles. The maximum Gasteiger partial charge on any atom is 0.270 e. The molecule has 1 N–H and O–H groups in total. The van der Waals surface area contributed by atoms with E-state index in [2.05, 4.69) is 15.3 Å². The molecule has 2 amide bonds. The molecule has 1 aliphatic rings. The van der Waals surface area contributed by atoms with Crippen LogP contribution in [0.3, 0.4) is 0 Å². The third kappa shape index (κ3) is 4.40. The molecule has 126 valence electrons. The zero-order valence-corrected chi connectivity index (χ0v) is 14.3. The summed E-state index contributed by atoms with van der Waals surface area (Å²) in [5, 5.41) is 2.92. The van der Waals surface area contributed by atoms with E-state index in [9.17, 15) is 9.59 Å². The molecule has 1 aromatic rings. The van der Waals surface area contributed by atoms with E-state index in [0.29, 0.717) is 37.8 Å². The van der Waals surface area contributed by atoms with Crippen molar-refractivity contribution in [3.63, 3.8) is 0 Å². The highest BCUT2D eigenvalue weighted by atomic mass is 16.2. The number of carbonyl (C=O) groups excluding carboxylic acids is 2. The van der Waals surface area contributed by atoms with E-state index in [1.54, 1.807) is 13.0 Å². The van der Waals surface area contributed by atoms with Crippen LogP contribution in [0.15, 0.2) is 6.07 Å². The average molecular weight is 319 g/mol. The summed E-state index contributed by atoms with van der Waals surface area (Å²) in [7, 11) is 0. The van der Waals surface area contributed by atoms with Crippen LogP contribution in [0.2, 0.25) is 0 Å². The fourth-order valence-electron chi connectivity index (χ4n) is 2.43. The number of nitrogens with zero attached hydrogens (tertiary/aromatic N) is 4. The van der Waals surface area contributed by atoms with Gasteiger partial charge in [-0.1, -0.05) is 6.92 Å². The van der Waals surface area contributed by atoms with Crippen LogP contribution in [-0.2, 0) is 4.79 Å². The van der Waals surface area contributed by atoms with Gasteiger partial charge in [0.05, 0.1) is 0 Å². The third-order valence-electron chi connectivity index (χ3n) is 4.07. The van der Waals surface area contributed by atoms with Crippen molar-refractivity contribution >= 4 is 17.8 Å². The normalized spacial score (nSPS) is 16.2. The lowest BCUT2D eigenvalue weighted by Gasteiger charge is -2.34. The Balaban J connectivity index is 2.12. The second-order valence-corrected chi connectivity index (χ2v) is 5.97. The molecule has 1 aromatic heterocycles. The van der Waals surface area contributed by atoms with E-state index in [4.69, 9.17) is 0 Å². The first-order valence-electron chi connectivity index (χ1n) is 8.07. The Hall–Kier alpha value is -2.18. The van der Waals surface area contributed by atoms with Gasteiger partial charge in [0.1, 0.15) is 5.69 Å². The molecule has 1 atom stereocenters. The van der Waals surface area contributed by atoms with Gasteiger partial charge in [0.25, 0.3) is 5.91 Å². The fourth-order valence-corrected chi connectivity index (χ4v) is 2.43. The van der Waals surface area contributed by atoms with Gasteiger partial charge in [-0.3, -0.25) is 9.59 Å². The Labute approximate surface area is 137 Å². The van der Waals surface area contributed by atoms with Crippen LogP contribution in [0.4, 0.5) is 5.95 Å². The predicted octanol–water partition coefficient (Wildman–Crippen LogP) is 0.982. The molecule has 0 bridgehead atoms. The van der Waals surface area contributed by atoms with Gasteiger partial charge >= 0.3 is 0 Å². The number of piperazine rings is 1. The largest absolute Gasteiger partial charge is 0.348 e. The summed E-state index contributed by atoms with van der Waals surface area (Å²) < 4.78 is 0. The van der Waals surface area contributed by atoms with Gasteiger partial charge in [-0.2, -0.15) is 0 Å². The molecule has 0 aliphatic carbocycles. The van der Waals surface area contributed by atoms with Crippen molar-refractivity contribution in [1.82, 2.24) is 20.2 Å². The van der Waals surface area contributed by atoms with E-state index in [1.165, 1.54) is 0 Å². The second kappa shape index (κ2) is 7.39. The third-order valence-corrected chi connectivity index (χ3v) is 4.07. The van der Waals surface area contributed by atoms with E-state index >= 15 is 0 Å². The molecule has 0 saturated carbocycles. The number of hydrogen-bond acceptors (Lipinski definition) is 5. The highest BCUT2D eigenvalue weighted by Crippen LogP contribution is 2.13. The summed E-state index contributed by atoms with van der Waals surface area (Å²) >= 11 is 0. The Kier molecular flexibility index (Phi) is 5.52. The maximum absolute atomic E-state index is 12.3. The fraction of sp³-hybridized carbons (Fsp3) is 0.625. The van der Waals surface area contributed by atoms with Crippen molar-refractivity contribution in [2.24, 2.45) is 0 Å². The van der Waals surface area contributed by atoms with Crippen molar-refractivity contribution in [2.75, 3.05) is 31.1 Å². The monoisotopic (exact) mass is 319 g/mol. The molecule has 0 aromatic carbocycles. The summed E-state index contributed by atoms with van der Waals surface area (Å²) in [5.41, 5.74) is 1.15. The predicted molar refractivity (Wildman–Crippen MR) is 88.5 cm³/mol. The van der Waals surface area contributed by atoms with E-state index in [0.717, 1.165) is 12.1 Å². The van der Waals surface area contributed by atoms with Gasteiger partial charge in [0.15, 0.2) is 0 Å². The Morgan fingerprint density at radius 2 is 1.91 bits per heavy atom. The molecule has 1 saturated heterocycles. The molecule has 23 heavy (non-hydrogen) atoms. The summed E-state index contributed by atoms with van der Waals surface area (Å²) in [6.07, 6.45) is 0.871. The second-order valence-electron chi connectivity index (χ2n) is 5.97. The van der Waals surface area contributed by atoms with Crippen LogP contribution >= 0.6 is 0 Å². The number of rotatable bonds is 4. The molecule has 1 unspecified atom stereocenters. The van der Waals surface area contributed by atoms with Crippen LogP contribution in [0.25, 0.3) is 0 Å². The van der Waals surface area contributed by atoms with Crippen LogP contribution in [-0.4, -0.2) is 58.9 Å². The number of nitrogens with one attached hydrogen (secondary N) is 1. The smallest absolute Gasteiger partial charge is 0.270 e. The quantitative estimate of drug-likeness (QED) is 0.895. The molecule has 1 aliphatic heterocycles. The number of anilines is 1. The van der Waals surface area contributed by atoms with Crippen LogP contribution in [0, 0.1) is 6.92 Å². The topological polar surface area (TPSA) is 78.4 Å².